The van der Waals surface area contributed by atoms with Gasteiger partial charge in [-0.15, -0.1) is 0 Å². The van der Waals surface area contributed by atoms with Gasteiger partial charge in [-0.2, -0.15) is 15.8 Å². The molecule has 0 unspecified atom stereocenters. The smallest absolute Gasteiger partial charge is 0.163 e. The Labute approximate surface area is 139 Å². The predicted molar refractivity (Wildman–Crippen MR) is 88.1 cm³/mol. The van der Waals surface area contributed by atoms with Gasteiger partial charge in [0, 0.05) is 30.4 Å². The SMILES string of the molecule is N#CC(C#N)=C(C#N)Nc1ccc(-c2cn3c(n2)CCCC3)cc1. The maximum atomic E-state index is 9.06. The normalized spacial score (nSPS) is 12.2. The van der Waals surface area contributed by atoms with Crippen molar-refractivity contribution < 1.29 is 0 Å². The average molecular weight is 314 g/mol. The fraction of sp³-hybridized carbons (Fsp3) is 0.222. The molecule has 1 aliphatic rings. The maximum absolute atomic E-state index is 9.06. The van der Waals surface area contributed by atoms with Gasteiger partial charge in [-0.05, 0) is 25.0 Å². The molecule has 2 heterocycles. The molecule has 0 spiro atoms. The number of benzene rings is 1. The van der Waals surface area contributed by atoms with Gasteiger partial charge in [-0.3, -0.25) is 0 Å². The highest BCUT2D eigenvalue weighted by Gasteiger charge is 2.13. The van der Waals surface area contributed by atoms with Crippen LogP contribution in [0.25, 0.3) is 11.3 Å². The number of hydrogen-bond donors (Lipinski definition) is 1. The number of nitrogens with one attached hydrogen (secondary N) is 1. The molecule has 3 rings (SSSR count). The molecule has 1 aliphatic heterocycles. The lowest BCUT2D eigenvalue weighted by Gasteiger charge is -2.11. The second kappa shape index (κ2) is 6.69. The Kier molecular flexibility index (Phi) is 4.27. The first kappa shape index (κ1) is 15.3. The lowest BCUT2D eigenvalue weighted by molar-refractivity contribution is 0.522. The first-order valence-electron chi connectivity index (χ1n) is 7.63. The fourth-order valence-corrected chi connectivity index (χ4v) is 2.70. The van der Waals surface area contributed by atoms with Crippen LogP contribution in [0.1, 0.15) is 18.7 Å². The van der Waals surface area contributed by atoms with Crippen molar-refractivity contribution in [3.63, 3.8) is 0 Å². The zero-order chi connectivity index (χ0) is 16.9. The number of rotatable bonds is 3. The van der Waals surface area contributed by atoms with E-state index in [0.29, 0.717) is 5.69 Å². The van der Waals surface area contributed by atoms with E-state index in [-0.39, 0.29) is 11.3 Å². The number of aryl methyl sites for hydroxylation is 2. The van der Waals surface area contributed by atoms with Crippen LogP contribution in [0.3, 0.4) is 0 Å². The minimum absolute atomic E-state index is 0.0507. The van der Waals surface area contributed by atoms with Crippen LogP contribution < -0.4 is 5.32 Å². The van der Waals surface area contributed by atoms with Crippen LogP contribution in [0.15, 0.2) is 41.7 Å². The molecule has 0 bridgehead atoms. The summed E-state index contributed by atoms with van der Waals surface area (Å²) < 4.78 is 2.20. The standard InChI is InChI=1S/C18H14N6/c19-9-14(10-20)16(11-21)22-15-6-4-13(5-7-15)17-12-24-8-2-1-3-18(24)23-17/h4-7,12,22H,1-3,8H2. The van der Waals surface area contributed by atoms with Crippen molar-refractivity contribution in [3.05, 3.63) is 47.6 Å². The Hall–Kier alpha value is -3.56. The third kappa shape index (κ3) is 2.97. The number of anilines is 1. The van der Waals surface area contributed by atoms with Crippen molar-refractivity contribution >= 4 is 5.69 Å². The summed E-state index contributed by atoms with van der Waals surface area (Å²) in [6.45, 7) is 1.02. The van der Waals surface area contributed by atoms with Gasteiger partial charge in [0.2, 0.25) is 0 Å². The highest BCUT2D eigenvalue weighted by atomic mass is 15.1. The Bertz CT molecular complexity index is 873. The lowest BCUT2D eigenvalue weighted by atomic mass is 10.1. The second-order valence-corrected chi connectivity index (χ2v) is 5.48. The van der Waals surface area contributed by atoms with Crippen molar-refractivity contribution in [3.8, 4) is 29.5 Å². The van der Waals surface area contributed by atoms with Crippen LogP contribution in [0.2, 0.25) is 0 Å². The van der Waals surface area contributed by atoms with Gasteiger partial charge >= 0.3 is 0 Å². The molecule has 1 N–H and O–H groups in total. The van der Waals surface area contributed by atoms with Crippen LogP contribution in [-0.4, -0.2) is 9.55 Å². The summed E-state index contributed by atoms with van der Waals surface area (Å²) in [7, 11) is 0. The summed E-state index contributed by atoms with van der Waals surface area (Å²) in [5, 5.41) is 29.6. The van der Waals surface area contributed by atoms with Gasteiger partial charge in [0.05, 0.1) is 5.69 Å². The summed E-state index contributed by atoms with van der Waals surface area (Å²) in [5.41, 5.74) is 2.28. The van der Waals surface area contributed by atoms with Gasteiger partial charge in [0.1, 0.15) is 29.7 Å². The Morgan fingerprint density at radius 2 is 1.79 bits per heavy atom. The van der Waals surface area contributed by atoms with Crippen LogP contribution in [0.5, 0.6) is 0 Å². The summed E-state index contributed by atoms with van der Waals surface area (Å²) in [6, 6.07) is 12.7. The van der Waals surface area contributed by atoms with E-state index < -0.39 is 0 Å². The third-order valence-corrected chi connectivity index (χ3v) is 3.94. The van der Waals surface area contributed by atoms with Crippen molar-refractivity contribution in [2.75, 3.05) is 5.32 Å². The van der Waals surface area contributed by atoms with Crippen molar-refractivity contribution in [2.45, 2.75) is 25.8 Å². The molecule has 2 aromatic rings. The number of imidazole rings is 1. The van der Waals surface area contributed by atoms with E-state index in [9.17, 15) is 0 Å². The molecular formula is C18H14N6. The summed E-state index contributed by atoms with van der Waals surface area (Å²) >= 11 is 0. The summed E-state index contributed by atoms with van der Waals surface area (Å²) in [4.78, 5) is 4.68. The highest BCUT2D eigenvalue weighted by molar-refractivity contribution is 5.65. The molecular weight excluding hydrogens is 300 g/mol. The van der Waals surface area contributed by atoms with Gasteiger partial charge in [0.15, 0.2) is 5.57 Å². The van der Waals surface area contributed by atoms with Crippen LogP contribution in [-0.2, 0) is 13.0 Å². The largest absolute Gasteiger partial charge is 0.345 e. The van der Waals surface area contributed by atoms with Gasteiger partial charge in [-0.25, -0.2) is 4.98 Å². The number of allylic oxidation sites excluding steroid dienone is 2. The van der Waals surface area contributed by atoms with Gasteiger partial charge in [-0.1, -0.05) is 12.1 Å². The maximum Gasteiger partial charge on any atom is 0.163 e. The number of nitrogens with zero attached hydrogens (tertiary/aromatic N) is 5. The number of aromatic nitrogens is 2. The fourth-order valence-electron chi connectivity index (χ4n) is 2.70. The molecule has 1 aromatic carbocycles. The van der Waals surface area contributed by atoms with E-state index in [2.05, 4.69) is 21.1 Å². The quantitative estimate of drug-likeness (QED) is 0.877. The predicted octanol–water partition coefficient (Wildman–Crippen LogP) is 3.12. The van der Waals surface area contributed by atoms with Crippen LogP contribution >= 0.6 is 0 Å². The Morgan fingerprint density at radius 1 is 1.04 bits per heavy atom. The molecule has 116 valence electrons. The Balaban J connectivity index is 1.83. The first-order valence-corrected chi connectivity index (χ1v) is 7.63. The molecule has 0 radical (unpaired) electrons. The van der Waals surface area contributed by atoms with Gasteiger partial charge < -0.3 is 9.88 Å². The van der Waals surface area contributed by atoms with E-state index in [1.807, 2.05) is 18.2 Å². The van der Waals surface area contributed by atoms with Crippen LogP contribution in [0.4, 0.5) is 5.69 Å². The Morgan fingerprint density at radius 3 is 2.42 bits per heavy atom. The molecule has 24 heavy (non-hydrogen) atoms. The molecule has 0 saturated heterocycles. The molecule has 0 amide bonds. The van der Waals surface area contributed by atoms with Crippen LogP contribution in [0, 0.1) is 34.0 Å². The molecule has 0 atom stereocenters. The molecule has 0 saturated carbocycles. The minimum atomic E-state index is -0.233. The topological polar surface area (TPSA) is 101 Å². The van der Waals surface area contributed by atoms with E-state index >= 15 is 0 Å². The molecule has 6 heteroatoms. The van der Waals surface area contributed by atoms with Crippen molar-refractivity contribution in [1.82, 2.24) is 9.55 Å². The zero-order valence-electron chi connectivity index (χ0n) is 13.0. The minimum Gasteiger partial charge on any atom is -0.345 e. The lowest BCUT2D eigenvalue weighted by Crippen LogP contribution is -2.08. The number of hydrogen-bond acceptors (Lipinski definition) is 5. The summed E-state index contributed by atoms with van der Waals surface area (Å²) in [5.74, 6) is 1.13. The highest BCUT2D eigenvalue weighted by Crippen LogP contribution is 2.24. The van der Waals surface area contributed by atoms with Gasteiger partial charge in [0.25, 0.3) is 0 Å². The summed E-state index contributed by atoms with van der Waals surface area (Å²) in [6.07, 6.45) is 5.46. The van der Waals surface area contributed by atoms with E-state index in [0.717, 1.165) is 30.0 Å². The molecule has 0 aliphatic carbocycles. The molecule has 6 nitrogen and oxygen atoms in total. The van der Waals surface area contributed by atoms with Crippen molar-refractivity contribution in [2.24, 2.45) is 0 Å². The number of fused-ring (bicyclic) bond motifs is 1. The molecule has 1 aromatic heterocycles. The monoisotopic (exact) mass is 314 g/mol. The first-order chi connectivity index (χ1) is 11.7. The number of nitriles is 3. The second-order valence-electron chi connectivity index (χ2n) is 5.48. The van der Waals surface area contributed by atoms with E-state index in [4.69, 9.17) is 15.8 Å². The zero-order valence-corrected chi connectivity index (χ0v) is 13.0. The van der Waals surface area contributed by atoms with Crippen molar-refractivity contribution in [1.29, 1.82) is 15.8 Å². The van der Waals surface area contributed by atoms with E-state index in [1.165, 1.54) is 12.8 Å². The third-order valence-electron chi connectivity index (χ3n) is 3.94. The van der Waals surface area contributed by atoms with E-state index in [1.54, 1.807) is 24.3 Å². The molecule has 0 fully saturated rings. The average Bonchev–Trinajstić information content (AvgIpc) is 3.06.